The van der Waals surface area contributed by atoms with Crippen molar-refractivity contribution in [3.8, 4) is 10.6 Å². The highest BCUT2D eigenvalue weighted by molar-refractivity contribution is 7.15. The van der Waals surface area contributed by atoms with Crippen molar-refractivity contribution in [3.05, 3.63) is 64.2 Å². The molecule has 1 aliphatic heterocycles. The van der Waals surface area contributed by atoms with Crippen LogP contribution in [0.5, 0.6) is 0 Å². The lowest BCUT2D eigenvalue weighted by molar-refractivity contribution is -0.122. The normalized spacial score (nSPS) is 16.2. The van der Waals surface area contributed by atoms with Crippen molar-refractivity contribution in [1.29, 1.82) is 0 Å². The number of hydrogen-bond donors (Lipinski definition) is 2. The molecule has 2 amide bonds. The van der Waals surface area contributed by atoms with E-state index in [9.17, 15) is 9.59 Å². The maximum Gasteiger partial charge on any atom is 0.259 e. The Morgan fingerprint density at radius 3 is 2.85 bits per heavy atom. The van der Waals surface area contributed by atoms with E-state index in [0.29, 0.717) is 40.3 Å². The third kappa shape index (κ3) is 4.32. The average Bonchev–Trinajstić information content (AvgIpc) is 3.54. The molecule has 1 aromatic carbocycles. The van der Waals surface area contributed by atoms with E-state index in [0.717, 1.165) is 34.7 Å². The summed E-state index contributed by atoms with van der Waals surface area (Å²) in [5.41, 5.74) is 9.31. The van der Waals surface area contributed by atoms with Gasteiger partial charge in [0.1, 0.15) is 0 Å². The summed E-state index contributed by atoms with van der Waals surface area (Å²) < 4.78 is 5.40. The Morgan fingerprint density at radius 2 is 2.09 bits per heavy atom. The summed E-state index contributed by atoms with van der Waals surface area (Å²) in [5, 5.41) is 7.63. The minimum absolute atomic E-state index is 0.237. The highest BCUT2D eigenvalue weighted by Gasteiger charge is 2.28. The summed E-state index contributed by atoms with van der Waals surface area (Å²) in [6, 6.07) is 13.2. The number of fused-ring (bicyclic) bond motifs is 1. The molecular formula is C25H25N5O3S. The lowest BCUT2D eigenvalue weighted by Gasteiger charge is -2.22. The van der Waals surface area contributed by atoms with Crippen LogP contribution < -0.4 is 11.1 Å². The number of aryl methyl sites for hydroxylation is 2. The minimum atomic E-state index is -0.288. The van der Waals surface area contributed by atoms with Crippen LogP contribution in [0, 0.1) is 13.8 Å². The second-order valence-electron chi connectivity index (χ2n) is 8.60. The number of carbonyl (C=O) groups excluding carboxylic acids is 2. The van der Waals surface area contributed by atoms with Crippen molar-refractivity contribution in [3.63, 3.8) is 0 Å². The molecule has 1 fully saturated rings. The van der Waals surface area contributed by atoms with Gasteiger partial charge in [0.05, 0.1) is 33.3 Å². The van der Waals surface area contributed by atoms with E-state index in [-0.39, 0.29) is 17.9 Å². The number of rotatable bonds is 6. The fourth-order valence-corrected chi connectivity index (χ4v) is 5.32. The van der Waals surface area contributed by atoms with Gasteiger partial charge in [-0.25, -0.2) is 4.98 Å². The molecule has 1 saturated heterocycles. The summed E-state index contributed by atoms with van der Waals surface area (Å²) in [6.07, 6.45) is 1.74. The van der Waals surface area contributed by atoms with Crippen molar-refractivity contribution in [1.82, 2.24) is 15.0 Å². The number of pyridine rings is 1. The number of thiophene rings is 1. The molecule has 174 valence electrons. The van der Waals surface area contributed by atoms with Crippen molar-refractivity contribution in [2.24, 2.45) is 5.73 Å². The summed E-state index contributed by atoms with van der Waals surface area (Å²) >= 11 is 1.61. The number of likely N-dealkylation sites (tertiary alicyclic amines) is 1. The van der Waals surface area contributed by atoms with E-state index >= 15 is 0 Å². The van der Waals surface area contributed by atoms with E-state index in [1.54, 1.807) is 24.3 Å². The monoisotopic (exact) mass is 475 g/mol. The number of aromatic nitrogens is 2. The molecule has 0 bridgehead atoms. The molecule has 0 radical (unpaired) electrons. The number of nitrogens with zero attached hydrogens (tertiary/aromatic N) is 3. The molecule has 1 atom stereocenters. The molecule has 5 rings (SSSR count). The fraction of sp³-hybridized carbons (Fsp3) is 0.280. The van der Waals surface area contributed by atoms with E-state index in [1.807, 2.05) is 43.3 Å². The second-order valence-corrected chi connectivity index (χ2v) is 9.89. The highest BCUT2D eigenvalue weighted by Crippen LogP contribution is 2.31. The van der Waals surface area contributed by atoms with Crippen molar-refractivity contribution >= 4 is 39.9 Å². The maximum absolute atomic E-state index is 13.4. The number of benzene rings is 1. The summed E-state index contributed by atoms with van der Waals surface area (Å²) in [6.45, 7) is 5.26. The van der Waals surface area contributed by atoms with Crippen LogP contribution >= 0.6 is 11.3 Å². The van der Waals surface area contributed by atoms with Crippen LogP contribution in [0.25, 0.3) is 21.7 Å². The summed E-state index contributed by atoms with van der Waals surface area (Å²) in [5.74, 6) is -0.550. The molecule has 0 saturated carbocycles. The molecule has 0 aliphatic carbocycles. The largest absolute Gasteiger partial charge is 0.368 e. The van der Waals surface area contributed by atoms with Crippen LogP contribution in [0.15, 0.2) is 47.0 Å². The molecule has 3 aromatic heterocycles. The van der Waals surface area contributed by atoms with Crippen molar-refractivity contribution < 1.29 is 14.1 Å². The van der Waals surface area contributed by atoms with Crippen LogP contribution in [-0.4, -0.2) is 39.4 Å². The zero-order valence-electron chi connectivity index (χ0n) is 19.0. The van der Waals surface area contributed by atoms with E-state index in [1.165, 1.54) is 0 Å². The SMILES string of the molecule is Cc1ccc(-c2cc(C(=O)Nc3cccc(CN4CCCC4C(N)=O)c3)c3c(C)noc3n2)s1. The molecule has 0 spiro atoms. The third-order valence-corrected chi connectivity index (χ3v) is 7.14. The fourth-order valence-electron chi connectivity index (χ4n) is 4.49. The van der Waals surface area contributed by atoms with Crippen LogP contribution in [0.4, 0.5) is 5.69 Å². The standard InChI is InChI=1S/C25H25N5O3S/c1-14-8-9-21(34-14)19-12-18(22-15(2)29-33-25(22)28-19)24(32)27-17-6-3-5-16(11-17)13-30-10-4-7-20(30)23(26)31/h3,5-6,8-9,11-12,20H,4,7,10,13H2,1-2H3,(H2,26,31)(H,27,32). The quantitative estimate of drug-likeness (QED) is 0.430. The predicted octanol–water partition coefficient (Wildman–Crippen LogP) is 4.27. The number of carbonyl (C=O) groups is 2. The molecular weight excluding hydrogens is 450 g/mol. The lowest BCUT2D eigenvalue weighted by Crippen LogP contribution is -2.39. The zero-order valence-corrected chi connectivity index (χ0v) is 19.8. The highest BCUT2D eigenvalue weighted by atomic mass is 32.1. The Balaban J connectivity index is 1.42. The van der Waals surface area contributed by atoms with Gasteiger partial charge in [-0.05, 0) is 69.1 Å². The Labute approximate surface area is 200 Å². The third-order valence-electron chi connectivity index (χ3n) is 6.12. The van der Waals surface area contributed by atoms with Crippen LogP contribution in [-0.2, 0) is 11.3 Å². The lowest BCUT2D eigenvalue weighted by atomic mass is 10.1. The Morgan fingerprint density at radius 1 is 1.24 bits per heavy atom. The first-order chi connectivity index (χ1) is 16.4. The van der Waals surface area contributed by atoms with Crippen LogP contribution in [0.2, 0.25) is 0 Å². The average molecular weight is 476 g/mol. The Hall–Kier alpha value is -3.56. The molecule has 9 heteroatoms. The topological polar surface area (TPSA) is 114 Å². The van der Waals surface area contributed by atoms with Gasteiger partial charge in [0.2, 0.25) is 5.91 Å². The van der Waals surface area contributed by atoms with E-state index in [4.69, 9.17) is 10.3 Å². The van der Waals surface area contributed by atoms with Gasteiger partial charge in [0.25, 0.3) is 11.6 Å². The van der Waals surface area contributed by atoms with Gasteiger partial charge in [-0.1, -0.05) is 17.3 Å². The van der Waals surface area contributed by atoms with Crippen LogP contribution in [0.3, 0.4) is 0 Å². The first kappa shape index (κ1) is 22.2. The smallest absolute Gasteiger partial charge is 0.259 e. The number of anilines is 1. The van der Waals surface area contributed by atoms with Crippen LogP contribution in [0.1, 0.15) is 39.3 Å². The Kier molecular flexibility index (Phi) is 5.89. The molecule has 1 aliphatic rings. The van der Waals surface area contributed by atoms with Gasteiger partial charge in [-0.2, -0.15) is 0 Å². The van der Waals surface area contributed by atoms with Gasteiger partial charge >= 0.3 is 0 Å². The molecule has 3 N–H and O–H groups in total. The first-order valence-corrected chi connectivity index (χ1v) is 12.0. The number of amides is 2. The second kappa shape index (κ2) is 9.00. The van der Waals surface area contributed by atoms with Gasteiger partial charge in [-0.3, -0.25) is 14.5 Å². The predicted molar refractivity (Wildman–Crippen MR) is 132 cm³/mol. The number of hydrogen-bond acceptors (Lipinski definition) is 7. The van der Waals surface area contributed by atoms with Crippen molar-refractivity contribution in [2.75, 3.05) is 11.9 Å². The minimum Gasteiger partial charge on any atom is -0.368 e. The molecule has 34 heavy (non-hydrogen) atoms. The summed E-state index contributed by atoms with van der Waals surface area (Å²) in [4.78, 5) is 33.9. The van der Waals surface area contributed by atoms with Crippen molar-refractivity contribution in [2.45, 2.75) is 39.3 Å². The number of primary amides is 1. The van der Waals surface area contributed by atoms with Gasteiger partial charge in [0.15, 0.2) is 0 Å². The molecule has 4 aromatic rings. The molecule has 4 heterocycles. The van der Waals surface area contributed by atoms with Gasteiger partial charge < -0.3 is 15.6 Å². The number of nitrogens with one attached hydrogen (secondary N) is 1. The summed E-state index contributed by atoms with van der Waals surface area (Å²) in [7, 11) is 0. The van der Waals surface area contributed by atoms with E-state index in [2.05, 4.69) is 20.4 Å². The molecule has 8 nitrogen and oxygen atoms in total. The number of nitrogens with two attached hydrogens (primary N) is 1. The van der Waals surface area contributed by atoms with Gasteiger partial charge in [-0.15, -0.1) is 11.3 Å². The van der Waals surface area contributed by atoms with E-state index < -0.39 is 0 Å². The molecule has 1 unspecified atom stereocenters. The maximum atomic E-state index is 13.4. The Bertz CT molecular complexity index is 1390. The van der Waals surface area contributed by atoms with Gasteiger partial charge in [0, 0.05) is 17.1 Å². The first-order valence-electron chi connectivity index (χ1n) is 11.2. The zero-order chi connectivity index (χ0) is 23.8.